The topological polar surface area (TPSA) is 93.5 Å². The largest absolute Gasteiger partial charge is 0.465 e. The highest BCUT2D eigenvalue weighted by molar-refractivity contribution is 6.39. The first-order valence-electron chi connectivity index (χ1n) is 7.56. The number of aromatic nitrogens is 2. The van der Waals surface area contributed by atoms with Crippen molar-refractivity contribution in [2.75, 3.05) is 25.0 Å². The number of nitrogens with one attached hydrogen (secondary N) is 1. The van der Waals surface area contributed by atoms with Crippen molar-refractivity contribution in [1.29, 1.82) is 0 Å². The number of ether oxygens (including phenoxy) is 1. The molecule has 1 N–H and O–H groups in total. The lowest BCUT2D eigenvalue weighted by atomic mass is 9.86. The number of likely N-dealkylation sites (tertiary alicyclic amines) is 1. The number of anilines is 1. The van der Waals surface area contributed by atoms with Crippen LogP contribution in [0.1, 0.15) is 12.8 Å². The Labute approximate surface area is 139 Å². The molecule has 0 aromatic carbocycles. The summed E-state index contributed by atoms with van der Waals surface area (Å²) in [5, 5.41) is 2.09. The number of rotatable bonds is 2. The van der Waals surface area contributed by atoms with Crippen molar-refractivity contribution < 1.29 is 32.3 Å². The average Bonchev–Trinajstić information content (AvgIpc) is 3.22. The van der Waals surface area contributed by atoms with E-state index in [4.69, 9.17) is 4.74 Å². The lowest BCUT2D eigenvalue weighted by molar-refractivity contribution is -0.147. The van der Waals surface area contributed by atoms with Crippen LogP contribution >= 0.6 is 0 Å². The lowest BCUT2D eigenvalue weighted by Crippen LogP contribution is -2.41. The molecule has 1 spiro atoms. The second-order valence-electron chi connectivity index (χ2n) is 6.09. The molecular formula is C14H15F3N4O4. The van der Waals surface area contributed by atoms with Gasteiger partial charge in [-0.2, -0.15) is 13.2 Å². The van der Waals surface area contributed by atoms with E-state index in [0.717, 1.165) is 12.4 Å². The summed E-state index contributed by atoms with van der Waals surface area (Å²) in [5.41, 5.74) is -0.773. The molecule has 25 heavy (non-hydrogen) atoms. The zero-order chi connectivity index (χ0) is 18.2. The van der Waals surface area contributed by atoms with Gasteiger partial charge in [0, 0.05) is 25.5 Å². The van der Waals surface area contributed by atoms with Crippen LogP contribution in [0.3, 0.4) is 0 Å². The third-order valence-electron chi connectivity index (χ3n) is 4.37. The molecule has 0 aliphatic carbocycles. The van der Waals surface area contributed by atoms with Crippen molar-refractivity contribution in [2.24, 2.45) is 5.41 Å². The van der Waals surface area contributed by atoms with Crippen LogP contribution < -0.4 is 5.32 Å². The third-order valence-corrected chi connectivity index (χ3v) is 4.37. The molecule has 0 radical (unpaired) electrons. The summed E-state index contributed by atoms with van der Waals surface area (Å²) in [6.45, 7) is -0.787. The highest BCUT2D eigenvalue weighted by Crippen LogP contribution is 2.39. The first kappa shape index (κ1) is 17.2. The van der Waals surface area contributed by atoms with Crippen LogP contribution in [0.25, 0.3) is 0 Å². The van der Waals surface area contributed by atoms with Gasteiger partial charge in [-0.3, -0.25) is 19.7 Å². The summed E-state index contributed by atoms with van der Waals surface area (Å²) < 4.78 is 43.0. The molecule has 2 aliphatic rings. The van der Waals surface area contributed by atoms with Crippen LogP contribution in [-0.4, -0.2) is 58.1 Å². The van der Waals surface area contributed by atoms with Gasteiger partial charge in [0.05, 0.1) is 12.0 Å². The number of cyclic esters (lactones) is 1. The molecule has 2 amide bonds. The second-order valence-corrected chi connectivity index (χ2v) is 6.09. The van der Waals surface area contributed by atoms with Crippen LogP contribution in [-0.2, 0) is 25.7 Å². The van der Waals surface area contributed by atoms with Crippen LogP contribution in [0.15, 0.2) is 12.4 Å². The van der Waals surface area contributed by atoms with Crippen molar-refractivity contribution >= 4 is 23.7 Å². The van der Waals surface area contributed by atoms with Gasteiger partial charge in [-0.1, -0.05) is 0 Å². The molecule has 2 fully saturated rings. The smallest absolute Gasteiger partial charge is 0.406 e. The molecule has 1 aromatic rings. The van der Waals surface area contributed by atoms with Gasteiger partial charge in [0.1, 0.15) is 6.54 Å². The normalized spacial score (nSPS) is 23.2. The Bertz CT molecular complexity index is 717. The molecule has 0 saturated carbocycles. The summed E-state index contributed by atoms with van der Waals surface area (Å²) >= 11 is 0. The number of esters is 1. The minimum absolute atomic E-state index is 0.0646. The molecule has 8 nitrogen and oxygen atoms in total. The van der Waals surface area contributed by atoms with Crippen molar-refractivity contribution in [3.05, 3.63) is 12.4 Å². The van der Waals surface area contributed by atoms with E-state index >= 15 is 0 Å². The van der Waals surface area contributed by atoms with E-state index in [-0.39, 0.29) is 31.6 Å². The highest BCUT2D eigenvalue weighted by Gasteiger charge is 2.51. The van der Waals surface area contributed by atoms with Gasteiger partial charge >= 0.3 is 24.0 Å². The number of halogens is 3. The zero-order valence-electron chi connectivity index (χ0n) is 13.0. The summed E-state index contributed by atoms with van der Waals surface area (Å²) in [6, 6.07) is 0. The highest BCUT2D eigenvalue weighted by atomic mass is 19.4. The molecule has 2 aliphatic heterocycles. The Balaban J connectivity index is 1.64. The molecule has 0 bridgehead atoms. The Morgan fingerprint density at radius 3 is 2.76 bits per heavy atom. The minimum atomic E-state index is -4.49. The molecule has 1 unspecified atom stereocenters. The number of alkyl halides is 3. The summed E-state index contributed by atoms with van der Waals surface area (Å²) in [6.07, 6.45) is -1.48. The molecule has 2 saturated heterocycles. The van der Waals surface area contributed by atoms with Gasteiger partial charge in [0.25, 0.3) is 0 Å². The maximum Gasteiger partial charge on any atom is 0.406 e. The van der Waals surface area contributed by atoms with E-state index in [1.807, 2.05) is 0 Å². The van der Waals surface area contributed by atoms with Crippen LogP contribution in [0.5, 0.6) is 0 Å². The molecule has 136 valence electrons. The monoisotopic (exact) mass is 360 g/mol. The standard InChI is InChI=1S/C14H15F3N4O4/c15-14(16,17)8-21-5-3-18-12(21)19-9(22)10(23)20-4-1-13(7-20)2-6-25-11(13)24/h3,5H,1-2,4,6-8H2,(H,18,19,22). The number of amides is 2. The number of carbonyl (C=O) groups excluding carboxylic acids is 3. The number of hydrogen-bond acceptors (Lipinski definition) is 5. The summed E-state index contributed by atoms with van der Waals surface area (Å²) in [7, 11) is 0. The summed E-state index contributed by atoms with van der Waals surface area (Å²) in [4.78, 5) is 40.9. The Hall–Kier alpha value is -2.59. The number of carbonyl (C=O) groups is 3. The predicted octanol–water partition coefficient (Wildman–Crippen LogP) is 0.549. The first-order valence-corrected chi connectivity index (χ1v) is 7.56. The Morgan fingerprint density at radius 1 is 1.36 bits per heavy atom. The van der Waals surface area contributed by atoms with E-state index in [9.17, 15) is 27.6 Å². The van der Waals surface area contributed by atoms with E-state index in [1.54, 1.807) is 0 Å². The van der Waals surface area contributed by atoms with Gasteiger partial charge in [0.2, 0.25) is 5.95 Å². The maximum absolute atomic E-state index is 12.5. The quantitative estimate of drug-likeness (QED) is 0.614. The van der Waals surface area contributed by atoms with Crippen molar-refractivity contribution in [1.82, 2.24) is 14.5 Å². The van der Waals surface area contributed by atoms with Crippen LogP contribution in [0.2, 0.25) is 0 Å². The van der Waals surface area contributed by atoms with E-state index in [1.165, 1.54) is 4.90 Å². The number of nitrogens with zero attached hydrogens (tertiary/aromatic N) is 3. The van der Waals surface area contributed by atoms with Gasteiger partial charge in [-0.15, -0.1) is 0 Å². The van der Waals surface area contributed by atoms with Gasteiger partial charge in [0.15, 0.2) is 0 Å². The van der Waals surface area contributed by atoms with Crippen LogP contribution in [0.4, 0.5) is 19.1 Å². The lowest BCUT2D eigenvalue weighted by Gasteiger charge is -2.19. The van der Waals surface area contributed by atoms with Crippen molar-refractivity contribution in [3.63, 3.8) is 0 Å². The predicted molar refractivity (Wildman–Crippen MR) is 76.1 cm³/mol. The molecule has 1 aromatic heterocycles. The SMILES string of the molecule is O=C(Nc1nccn1CC(F)(F)F)C(=O)N1CCC2(CCOC2=O)C1. The zero-order valence-corrected chi connectivity index (χ0v) is 13.0. The molecular weight excluding hydrogens is 345 g/mol. The fraction of sp³-hybridized carbons (Fsp3) is 0.571. The fourth-order valence-electron chi connectivity index (χ4n) is 3.06. The summed E-state index contributed by atoms with van der Waals surface area (Å²) in [5.74, 6) is -2.77. The molecule has 1 atom stereocenters. The number of hydrogen-bond donors (Lipinski definition) is 1. The van der Waals surface area contributed by atoms with Crippen LogP contribution in [0, 0.1) is 5.41 Å². The van der Waals surface area contributed by atoms with Gasteiger partial charge in [-0.25, -0.2) is 4.98 Å². The molecule has 11 heteroatoms. The van der Waals surface area contributed by atoms with E-state index in [2.05, 4.69) is 10.3 Å². The van der Waals surface area contributed by atoms with Gasteiger partial charge in [-0.05, 0) is 12.8 Å². The van der Waals surface area contributed by atoms with Crippen molar-refractivity contribution in [3.8, 4) is 0 Å². The van der Waals surface area contributed by atoms with Gasteiger partial charge < -0.3 is 14.2 Å². The van der Waals surface area contributed by atoms with Crippen molar-refractivity contribution in [2.45, 2.75) is 25.6 Å². The first-order chi connectivity index (χ1) is 11.7. The average molecular weight is 360 g/mol. The Kier molecular flexibility index (Phi) is 4.17. The third kappa shape index (κ3) is 3.44. The number of imidazole rings is 1. The fourth-order valence-corrected chi connectivity index (χ4v) is 3.06. The maximum atomic E-state index is 12.5. The molecule has 3 rings (SSSR count). The molecule has 3 heterocycles. The second kappa shape index (κ2) is 6.05. The Morgan fingerprint density at radius 2 is 2.12 bits per heavy atom. The minimum Gasteiger partial charge on any atom is -0.465 e. The van der Waals surface area contributed by atoms with E-state index in [0.29, 0.717) is 17.4 Å². The van der Waals surface area contributed by atoms with E-state index < -0.39 is 30.0 Å².